The Bertz CT molecular complexity index is 928. The first-order chi connectivity index (χ1) is 14.4. The monoisotopic (exact) mass is 414 g/mol. The van der Waals surface area contributed by atoms with Gasteiger partial charge in [0.25, 0.3) is 0 Å². The number of aliphatic carboxylic acids is 1. The normalized spacial score (nSPS) is 16.3. The Morgan fingerprint density at radius 1 is 1.07 bits per heavy atom. The minimum Gasteiger partial charge on any atom is -0.497 e. The van der Waals surface area contributed by atoms with Gasteiger partial charge in [-0.25, -0.2) is 4.79 Å². The molecule has 0 fully saturated rings. The van der Waals surface area contributed by atoms with E-state index in [0.29, 0.717) is 30.2 Å². The molecule has 2 N–H and O–H groups in total. The molecule has 3 rings (SSSR count). The second-order valence-corrected chi connectivity index (χ2v) is 7.03. The van der Waals surface area contributed by atoms with Crippen molar-refractivity contribution in [3.63, 3.8) is 0 Å². The zero-order chi connectivity index (χ0) is 21.8. The van der Waals surface area contributed by atoms with Gasteiger partial charge in [-0.15, -0.1) is 0 Å². The second kappa shape index (κ2) is 8.94. The lowest BCUT2D eigenvalue weighted by Crippen LogP contribution is -2.50. The molecule has 160 valence electrons. The van der Waals surface area contributed by atoms with Gasteiger partial charge in [-0.05, 0) is 54.3 Å². The topological polar surface area (TPSA) is 97.3 Å². The third kappa shape index (κ3) is 4.12. The predicted molar refractivity (Wildman–Crippen MR) is 110 cm³/mol. The molecule has 0 spiro atoms. The van der Waals surface area contributed by atoms with Crippen molar-refractivity contribution in [1.29, 1.82) is 0 Å². The summed E-state index contributed by atoms with van der Waals surface area (Å²) in [5, 5.41) is 11.7. The third-order valence-corrected chi connectivity index (χ3v) is 5.28. The van der Waals surface area contributed by atoms with E-state index in [9.17, 15) is 14.7 Å². The Labute approximate surface area is 175 Å². The number of ether oxygens (including phenoxy) is 3. The average Bonchev–Trinajstić information content (AvgIpc) is 2.77. The minimum atomic E-state index is -1.09. The van der Waals surface area contributed by atoms with Crippen LogP contribution in [0.5, 0.6) is 17.2 Å². The average molecular weight is 414 g/mol. The Kier molecular flexibility index (Phi) is 6.34. The molecule has 0 radical (unpaired) electrons. The molecule has 0 aromatic heterocycles. The summed E-state index contributed by atoms with van der Waals surface area (Å²) in [5.41, 5.74) is 2.83. The van der Waals surface area contributed by atoms with Gasteiger partial charge in [0, 0.05) is 6.54 Å². The first kappa shape index (κ1) is 21.3. The van der Waals surface area contributed by atoms with Crippen LogP contribution in [0.4, 0.5) is 4.79 Å². The van der Waals surface area contributed by atoms with Crippen LogP contribution >= 0.6 is 0 Å². The number of hydrogen-bond donors (Lipinski definition) is 2. The molecule has 1 aliphatic heterocycles. The molecule has 8 nitrogen and oxygen atoms in total. The number of rotatable bonds is 6. The highest BCUT2D eigenvalue weighted by Crippen LogP contribution is 2.41. The van der Waals surface area contributed by atoms with E-state index >= 15 is 0 Å². The summed E-state index contributed by atoms with van der Waals surface area (Å²) in [6.45, 7) is 1.87. The number of methoxy groups -OCH3 is 3. The van der Waals surface area contributed by atoms with Crippen molar-refractivity contribution in [3.05, 3.63) is 53.1 Å². The van der Waals surface area contributed by atoms with Crippen LogP contribution in [0, 0.1) is 0 Å². The van der Waals surface area contributed by atoms with Gasteiger partial charge in [0.15, 0.2) is 11.5 Å². The fourth-order valence-corrected chi connectivity index (χ4v) is 3.64. The quantitative estimate of drug-likeness (QED) is 0.754. The van der Waals surface area contributed by atoms with Crippen LogP contribution in [-0.2, 0) is 11.2 Å². The molecule has 1 aliphatic rings. The Hall–Kier alpha value is -3.42. The molecular formula is C22H26N2O6. The maximum atomic E-state index is 13.0. The van der Waals surface area contributed by atoms with Crippen molar-refractivity contribution < 1.29 is 28.9 Å². The van der Waals surface area contributed by atoms with Crippen molar-refractivity contribution in [2.45, 2.75) is 25.4 Å². The first-order valence-electron chi connectivity index (χ1n) is 9.58. The van der Waals surface area contributed by atoms with E-state index in [1.54, 1.807) is 26.2 Å². The number of fused-ring (bicyclic) bond motifs is 1. The number of carbonyl (C=O) groups is 2. The molecule has 2 amide bonds. The lowest BCUT2D eigenvalue weighted by atomic mass is 9.87. The number of urea groups is 1. The number of benzene rings is 2. The molecule has 1 heterocycles. The molecule has 0 saturated carbocycles. The van der Waals surface area contributed by atoms with Crippen molar-refractivity contribution >= 4 is 12.0 Å². The van der Waals surface area contributed by atoms with E-state index in [-0.39, 0.29) is 0 Å². The van der Waals surface area contributed by atoms with Gasteiger partial charge in [-0.3, -0.25) is 4.79 Å². The summed E-state index contributed by atoms with van der Waals surface area (Å²) in [6, 6.07) is 9.42. The van der Waals surface area contributed by atoms with Gasteiger partial charge >= 0.3 is 12.0 Å². The highest BCUT2D eigenvalue weighted by atomic mass is 16.5. The minimum absolute atomic E-state index is 0.416. The molecule has 8 heteroatoms. The van der Waals surface area contributed by atoms with Crippen molar-refractivity contribution in [1.82, 2.24) is 10.2 Å². The van der Waals surface area contributed by atoms with E-state index < -0.39 is 24.1 Å². The Morgan fingerprint density at radius 2 is 1.70 bits per heavy atom. The number of carbonyl (C=O) groups excluding carboxylic acids is 1. The molecule has 1 unspecified atom stereocenters. The summed E-state index contributed by atoms with van der Waals surface area (Å²) in [4.78, 5) is 25.8. The van der Waals surface area contributed by atoms with Crippen LogP contribution in [0.2, 0.25) is 0 Å². The standard InChI is InChI=1S/C22H26N2O6/c1-13(21(25)26)23-22(27)24-10-9-15-11-18(29-3)19(30-4)12-17(15)20(24)14-5-7-16(28-2)8-6-14/h5-8,11-13,20H,9-10H2,1-4H3,(H,23,27)(H,25,26)/t13-,20?/m0/s1. The van der Waals surface area contributed by atoms with E-state index in [1.807, 2.05) is 36.4 Å². The summed E-state index contributed by atoms with van der Waals surface area (Å²) in [5.74, 6) is 0.809. The number of hydrogen-bond acceptors (Lipinski definition) is 5. The van der Waals surface area contributed by atoms with Crippen LogP contribution in [0.15, 0.2) is 36.4 Å². The maximum absolute atomic E-state index is 13.0. The van der Waals surface area contributed by atoms with Crippen molar-refractivity contribution in [2.24, 2.45) is 0 Å². The molecule has 0 aliphatic carbocycles. The maximum Gasteiger partial charge on any atom is 0.325 e. The second-order valence-electron chi connectivity index (χ2n) is 7.03. The van der Waals surface area contributed by atoms with Crippen LogP contribution in [0.1, 0.15) is 29.7 Å². The van der Waals surface area contributed by atoms with Crippen LogP contribution in [-0.4, -0.2) is 55.9 Å². The van der Waals surface area contributed by atoms with E-state index in [2.05, 4.69) is 5.32 Å². The van der Waals surface area contributed by atoms with Crippen molar-refractivity contribution in [3.8, 4) is 17.2 Å². The molecule has 30 heavy (non-hydrogen) atoms. The predicted octanol–water partition coefficient (Wildman–Crippen LogP) is 2.84. The highest BCUT2D eigenvalue weighted by molar-refractivity contribution is 5.83. The van der Waals surface area contributed by atoms with E-state index in [4.69, 9.17) is 14.2 Å². The SMILES string of the molecule is COc1ccc(C2c3cc(OC)c(OC)cc3CCN2C(=O)N[C@@H](C)C(=O)O)cc1. The van der Waals surface area contributed by atoms with E-state index in [0.717, 1.165) is 16.7 Å². The smallest absolute Gasteiger partial charge is 0.325 e. The summed E-state index contributed by atoms with van der Waals surface area (Å²) < 4.78 is 16.2. The fraction of sp³-hybridized carbons (Fsp3) is 0.364. The van der Waals surface area contributed by atoms with Gasteiger partial charge < -0.3 is 29.5 Å². The number of carboxylic acid groups (broad SMARTS) is 1. The largest absolute Gasteiger partial charge is 0.497 e. The molecule has 0 bridgehead atoms. The van der Waals surface area contributed by atoms with Crippen LogP contribution in [0.3, 0.4) is 0 Å². The van der Waals surface area contributed by atoms with Gasteiger partial charge in [0.2, 0.25) is 0 Å². The summed E-state index contributed by atoms with van der Waals surface area (Å²) >= 11 is 0. The molecule has 2 aromatic carbocycles. The number of amides is 2. The summed E-state index contributed by atoms with van der Waals surface area (Å²) in [7, 11) is 4.74. The summed E-state index contributed by atoms with van der Waals surface area (Å²) in [6.07, 6.45) is 0.608. The lowest BCUT2D eigenvalue weighted by Gasteiger charge is -2.38. The molecular weight excluding hydrogens is 388 g/mol. The van der Waals surface area contributed by atoms with Crippen molar-refractivity contribution in [2.75, 3.05) is 27.9 Å². The Morgan fingerprint density at radius 3 is 2.27 bits per heavy atom. The van der Waals surface area contributed by atoms with E-state index in [1.165, 1.54) is 6.92 Å². The van der Waals surface area contributed by atoms with Crippen LogP contribution < -0.4 is 19.5 Å². The van der Waals surface area contributed by atoms with Gasteiger partial charge in [0.1, 0.15) is 11.8 Å². The highest BCUT2D eigenvalue weighted by Gasteiger charge is 2.34. The zero-order valence-electron chi connectivity index (χ0n) is 17.5. The molecule has 2 atom stereocenters. The van der Waals surface area contributed by atoms with Gasteiger partial charge in [-0.2, -0.15) is 0 Å². The lowest BCUT2D eigenvalue weighted by molar-refractivity contribution is -0.138. The molecule has 2 aromatic rings. The third-order valence-electron chi connectivity index (χ3n) is 5.28. The number of nitrogens with zero attached hydrogens (tertiary/aromatic N) is 1. The Balaban J connectivity index is 2.07. The fourth-order valence-electron chi connectivity index (χ4n) is 3.64. The van der Waals surface area contributed by atoms with Gasteiger partial charge in [0.05, 0.1) is 27.4 Å². The molecule has 0 saturated heterocycles. The number of carboxylic acids is 1. The zero-order valence-corrected chi connectivity index (χ0v) is 17.5. The first-order valence-corrected chi connectivity index (χ1v) is 9.58. The van der Waals surface area contributed by atoms with Gasteiger partial charge in [-0.1, -0.05) is 12.1 Å². The van der Waals surface area contributed by atoms with Crippen LogP contribution in [0.25, 0.3) is 0 Å². The number of nitrogens with one attached hydrogen (secondary N) is 1.